The third-order valence-corrected chi connectivity index (χ3v) is 2.27. The van der Waals surface area contributed by atoms with E-state index in [-0.39, 0.29) is 12.2 Å². The number of Topliss-reactive ketones (excluding diaryl/α,β-unsaturated/α-hetero) is 1. The van der Waals surface area contributed by atoms with Crippen molar-refractivity contribution in [2.24, 2.45) is 0 Å². The van der Waals surface area contributed by atoms with E-state index in [1.54, 1.807) is 0 Å². The van der Waals surface area contributed by atoms with E-state index < -0.39 is 5.97 Å². The normalized spacial score (nSPS) is 10.3. The molecule has 0 aliphatic rings. The second-order valence-electron chi connectivity index (χ2n) is 3.08. The lowest BCUT2D eigenvalue weighted by Gasteiger charge is -2.13. The maximum atomic E-state index is 11.2. The summed E-state index contributed by atoms with van der Waals surface area (Å²) in [7, 11) is 3.85. The minimum absolute atomic E-state index is 0.0691. The van der Waals surface area contributed by atoms with Crippen LogP contribution in [0.1, 0.15) is 26.2 Å². The molecule has 14 heavy (non-hydrogen) atoms. The lowest BCUT2D eigenvalue weighted by Crippen LogP contribution is -2.18. The Morgan fingerprint density at radius 3 is 2.50 bits per heavy atom. The predicted molar refractivity (Wildman–Crippen MR) is 57.8 cm³/mol. The summed E-state index contributed by atoms with van der Waals surface area (Å²) in [5.74, 6) is -0.527. The summed E-state index contributed by atoms with van der Waals surface area (Å²) in [4.78, 5) is 21.9. The summed E-state index contributed by atoms with van der Waals surface area (Å²) < 4.78 is 6.39. The number of nitrogens with zero attached hydrogens (tertiary/aromatic N) is 1. The highest BCUT2D eigenvalue weighted by atomic mass is 31.0. The Kier molecular flexibility index (Phi) is 7.63. The Labute approximate surface area is 87.2 Å². The molecule has 1 atom stereocenters. The first-order valence-electron chi connectivity index (χ1n) is 4.68. The molecule has 0 radical (unpaired) electrons. The van der Waals surface area contributed by atoms with Crippen LogP contribution in [0.4, 0.5) is 0 Å². The molecule has 0 aliphatic heterocycles. The van der Waals surface area contributed by atoms with Crippen molar-refractivity contribution in [3.8, 4) is 0 Å². The zero-order chi connectivity index (χ0) is 11.0. The van der Waals surface area contributed by atoms with Crippen LogP contribution in [0, 0.1) is 0 Å². The van der Waals surface area contributed by atoms with E-state index >= 15 is 0 Å². The molecule has 0 heterocycles. The van der Waals surface area contributed by atoms with E-state index in [0.29, 0.717) is 13.0 Å². The molecule has 0 amide bonds. The Morgan fingerprint density at radius 1 is 1.36 bits per heavy atom. The number of hydrogen-bond donors (Lipinski definition) is 0. The van der Waals surface area contributed by atoms with Gasteiger partial charge in [0.1, 0.15) is 12.2 Å². The van der Waals surface area contributed by atoms with Crippen molar-refractivity contribution < 1.29 is 14.3 Å². The van der Waals surface area contributed by atoms with Gasteiger partial charge in [0, 0.05) is 19.5 Å². The van der Waals surface area contributed by atoms with Gasteiger partial charge < -0.3 is 4.74 Å². The van der Waals surface area contributed by atoms with Crippen molar-refractivity contribution in [3.63, 3.8) is 0 Å². The van der Waals surface area contributed by atoms with E-state index in [2.05, 4.69) is 21.1 Å². The number of carbonyl (C=O) groups is 2. The number of ketones is 1. The van der Waals surface area contributed by atoms with Gasteiger partial charge in [0.05, 0.1) is 7.11 Å². The van der Waals surface area contributed by atoms with Crippen molar-refractivity contribution in [2.75, 3.05) is 20.2 Å². The molecule has 0 spiro atoms. The van der Waals surface area contributed by atoms with Gasteiger partial charge in [-0.15, -0.1) is 0 Å². The summed E-state index contributed by atoms with van der Waals surface area (Å²) in [6.45, 7) is 3.69. The molecule has 0 rings (SSSR count). The molecule has 0 fully saturated rings. The van der Waals surface area contributed by atoms with Crippen molar-refractivity contribution in [1.29, 1.82) is 0 Å². The standard InChI is InChI=1S/C9H18NO3P/c1-3-5-10(14)6-4-8(11)7-9(12)13-2/h3-7,14H2,1-2H3. The van der Waals surface area contributed by atoms with E-state index in [0.717, 1.165) is 13.0 Å². The summed E-state index contributed by atoms with van der Waals surface area (Å²) in [6.07, 6.45) is 1.34. The van der Waals surface area contributed by atoms with Gasteiger partial charge >= 0.3 is 5.97 Å². The maximum Gasteiger partial charge on any atom is 0.313 e. The molecular weight excluding hydrogens is 201 g/mol. The summed E-state index contributed by atoms with van der Waals surface area (Å²) in [6, 6.07) is 0. The first-order valence-corrected chi connectivity index (χ1v) is 5.20. The molecule has 0 bridgehead atoms. The van der Waals surface area contributed by atoms with Gasteiger partial charge in [0.2, 0.25) is 0 Å². The van der Waals surface area contributed by atoms with Crippen LogP contribution >= 0.6 is 9.39 Å². The monoisotopic (exact) mass is 219 g/mol. The number of ether oxygens (including phenoxy) is 1. The zero-order valence-electron chi connectivity index (χ0n) is 8.78. The van der Waals surface area contributed by atoms with E-state index in [4.69, 9.17) is 0 Å². The molecule has 4 nitrogen and oxygen atoms in total. The predicted octanol–water partition coefficient (Wildman–Crippen LogP) is 1.01. The summed E-state index contributed by atoms with van der Waals surface area (Å²) in [5, 5.41) is 0. The van der Waals surface area contributed by atoms with Crippen molar-refractivity contribution >= 4 is 21.1 Å². The average Bonchev–Trinajstić information content (AvgIpc) is 2.15. The Hall–Kier alpha value is -0.470. The molecule has 5 heteroatoms. The fourth-order valence-corrected chi connectivity index (χ4v) is 1.38. The third-order valence-electron chi connectivity index (χ3n) is 1.76. The smallest absolute Gasteiger partial charge is 0.313 e. The van der Waals surface area contributed by atoms with Gasteiger partial charge in [-0.25, -0.2) is 0 Å². The molecule has 82 valence electrons. The first-order chi connectivity index (χ1) is 6.60. The minimum Gasteiger partial charge on any atom is -0.469 e. The van der Waals surface area contributed by atoms with Gasteiger partial charge in [-0.2, -0.15) is 0 Å². The molecule has 0 aliphatic carbocycles. The minimum atomic E-state index is -0.458. The largest absolute Gasteiger partial charge is 0.469 e. The molecule has 0 saturated heterocycles. The SMILES string of the molecule is CCCN(P)CCC(=O)CC(=O)OC. The van der Waals surface area contributed by atoms with E-state index in [9.17, 15) is 9.59 Å². The summed E-state index contributed by atoms with van der Waals surface area (Å²) >= 11 is 0. The molecule has 0 aromatic heterocycles. The fraction of sp³-hybridized carbons (Fsp3) is 0.778. The second-order valence-corrected chi connectivity index (χ2v) is 3.81. The average molecular weight is 219 g/mol. The van der Waals surface area contributed by atoms with E-state index in [1.165, 1.54) is 7.11 Å². The fourth-order valence-electron chi connectivity index (χ4n) is 0.989. The highest BCUT2D eigenvalue weighted by Crippen LogP contribution is 2.02. The van der Waals surface area contributed by atoms with Crippen LogP contribution < -0.4 is 0 Å². The Morgan fingerprint density at radius 2 is 2.00 bits per heavy atom. The molecule has 1 unspecified atom stereocenters. The van der Waals surface area contributed by atoms with Crippen LogP contribution in [0.25, 0.3) is 0 Å². The first kappa shape index (κ1) is 13.5. The number of carbonyl (C=O) groups excluding carboxylic acids is 2. The number of rotatable bonds is 7. The molecule has 0 aromatic rings. The van der Waals surface area contributed by atoms with Gasteiger partial charge in [0.25, 0.3) is 0 Å². The zero-order valence-corrected chi connectivity index (χ0v) is 9.94. The number of hydrogen-bond acceptors (Lipinski definition) is 4. The third kappa shape index (κ3) is 6.98. The number of esters is 1. The van der Waals surface area contributed by atoms with Crippen LogP contribution in [0.5, 0.6) is 0 Å². The van der Waals surface area contributed by atoms with Crippen molar-refractivity contribution in [3.05, 3.63) is 0 Å². The van der Waals surface area contributed by atoms with Gasteiger partial charge in [-0.05, 0) is 6.42 Å². The van der Waals surface area contributed by atoms with E-state index in [1.807, 2.05) is 4.67 Å². The number of methoxy groups -OCH3 is 1. The molecule has 0 saturated carbocycles. The highest BCUT2D eigenvalue weighted by Gasteiger charge is 2.09. The van der Waals surface area contributed by atoms with Crippen LogP contribution in [-0.2, 0) is 14.3 Å². The Balaban J connectivity index is 3.58. The van der Waals surface area contributed by atoms with Gasteiger partial charge in [0.15, 0.2) is 0 Å². The van der Waals surface area contributed by atoms with Crippen molar-refractivity contribution in [1.82, 2.24) is 4.67 Å². The van der Waals surface area contributed by atoms with Gasteiger partial charge in [-0.1, -0.05) is 16.3 Å². The summed E-state index contributed by atoms with van der Waals surface area (Å²) in [5.41, 5.74) is 0. The highest BCUT2D eigenvalue weighted by molar-refractivity contribution is 7.13. The topological polar surface area (TPSA) is 46.6 Å². The van der Waals surface area contributed by atoms with Crippen LogP contribution in [0.3, 0.4) is 0 Å². The Bertz CT molecular complexity index is 196. The van der Waals surface area contributed by atoms with Crippen LogP contribution in [0.15, 0.2) is 0 Å². The maximum absolute atomic E-state index is 11.2. The van der Waals surface area contributed by atoms with Gasteiger partial charge in [-0.3, -0.25) is 14.3 Å². The molecule has 0 aromatic carbocycles. The quantitative estimate of drug-likeness (QED) is 0.364. The lowest BCUT2D eigenvalue weighted by molar-refractivity contribution is -0.143. The van der Waals surface area contributed by atoms with Crippen LogP contribution in [-0.4, -0.2) is 36.6 Å². The van der Waals surface area contributed by atoms with Crippen LogP contribution in [0.2, 0.25) is 0 Å². The lowest BCUT2D eigenvalue weighted by atomic mass is 10.2. The van der Waals surface area contributed by atoms with Crippen molar-refractivity contribution in [2.45, 2.75) is 26.2 Å². The molecule has 0 N–H and O–H groups in total. The molecular formula is C9H18NO3P. The second kappa shape index (κ2) is 7.89.